The summed E-state index contributed by atoms with van der Waals surface area (Å²) in [6, 6.07) is 1.36. The van der Waals surface area contributed by atoms with E-state index >= 15 is 0 Å². The number of rotatable bonds is 3. The van der Waals surface area contributed by atoms with Crippen molar-refractivity contribution in [3.63, 3.8) is 0 Å². The summed E-state index contributed by atoms with van der Waals surface area (Å²) < 4.78 is 6.26. The number of fused-ring (bicyclic) bond motifs is 1. The number of aromatic amines is 1. The number of anilines is 1. The normalized spacial score (nSPS) is 11.6. The number of alkyl carbamates (subject to hydrolysis) is 1. The minimum absolute atomic E-state index is 0.114. The zero-order valence-electron chi connectivity index (χ0n) is 12.1. The Morgan fingerprint density at radius 2 is 2.19 bits per heavy atom. The molecule has 9 heteroatoms. The first kappa shape index (κ1) is 14.8. The van der Waals surface area contributed by atoms with Crippen LogP contribution in [0.3, 0.4) is 0 Å². The maximum absolute atomic E-state index is 11.8. The molecule has 0 spiro atoms. The van der Waals surface area contributed by atoms with Crippen molar-refractivity contribution in [2.75, 3.05) is 12.3 Å². The van der Waals surface area contributed by atoms with Crippen molar-refractivity contribution in [2.45, 2.75) is 32.8 Å². The van der Waals surface area contributed by atoms with Gasteiger partial charge in [-0.3, -0.25) is 9.89 Å². The lowest BCUT2D eigenvalue weighted by Crippen LogP contribution is -2.33. The summed E-state index contributed by atoms with van der Waals surface area (Å²) in [7, 11) is 0. The number of hydrogen-bond acceptors (Lipinski definition) is 6. The molecular weight excluding hydrogens is 276 g/mol. The number of nitrogens with two attached hydrogens (primary N) is 1. The van der Waals surface area contributed by atoms with Gasteiger partial charge in [0, 0.05) is 19.0 Å². The third-order valence-corrected chi connectivity index (χ3v) is 2.45. The van der Waals surface area contributed by atoms with Crippen molar-refractivity contribution in [1.82, 2.24) is 24.9 Å². The fourth-order valence-electron chi connectivity index (χ4n) is 1.68. The lowest BCUT2D eigenvalue weighted by atomic mass is 10.2. The molecule has 0 aliphatic rings. The second-order valence-electron chi connectivity index (χ2n) is 5.51. The third-order valence-electron chi connectivity index (χ3n) is 2.45. The minimum atomic E-state index is -0.549. The van der Waals surface area contributed by atoms with Crippen LogP contribution in [-0.4, -0.2) is 37.8 Å². The molecule has 1 amide bonds. The molecule has 2 heterocycles. The highest BCUT2D eigenvalue weighted by molar-refractivity contribution is 5.67. The van der Waals surface area contributed by atoms with Crippen LogP contribution in [-0.2, 0) is 11.2 Å². The Morgan fingerprint density at radius 1 is 1.48 bits per heavy atom. The molecular formula is C12H18N6O3. The number of carbonyl (C=O) groups is 1. The average molecular weight is 294 g/mol. The van der Waals surface area contributed by atoms with Crippen LogP contribution in [0.25, 0.3) is 5.78 Å². The number of ether oxygens (including phenoxy) is 1. The van der Waals surface area contributed by atoms with Crippen LogP contribution in [0.1, 0.15) is 26.5 Å². The van der Waals surface area contributed by atoms with Crippen LogP contribution in [0.15, 0.2) is 10.9 Å². The molecule has 21 heavy (non-hydrogen) atoms. The number of hydrogen-bond donors (Lipinski definition) is 3. The first-order valence-corrected chi connectivity index (χ1v) is 6.45. The lowest BCUT2D eigenvalue weighted by molar-refractivity contribution is 0.0528. The van der Waals surface area contributed by atoms with Gasteiger partial charge in [-0.15, -0.1) is 0 Å². The fraction of sp³-hybridized carbons (Fsp3) is 0.500. The number of nitrogens with one attached hydrogen (secondary N) is 2. The Labute approximate surface area is 120 Å². The summed E-state index contributed by atoms with van der Waals surface area (Å²) in [6.07, 6.45) is -0.123. The van der Waals surface area contributed by atoms with Crippen LogP contribution in [0, 0.1) is 0 Å². The predicted molar refractivity (Wildman–Crippen MR) is 76.0 cm³/mol. The number of amides is 1. The second kappa shape index (κ2) is 5.43. The zero-order chi connectivity index (χ0) is 15.6. The minimum Gasteiger partial charge on any atom is -0.444 e. The third kappa shape index (κ3) is 3.94. The topological polar surface area (TPSA) is 127 Å². The van der Waals surface area contributed by atoms with E-state index in [4.69, 9.17) is 10.5 Å². The largest absolute Gasteiger partial charge is 0.444 e. The second-order valence-corrected chi connectivity index (χ2v) is 5.51. The molecule has 0 unspecified atom stereocenters. The number of nitrogens with zero attached hydrogens (tertiary/aromatic N) is 3. The van der Waals surface area contributed by atoms with Gasteiger partial charge < -0.3 is 15.8 Å². The van der Waals surface area contributed by atoms with Gasteiger partial charge in [0.05, 0.1) is 5.69 Å². The van der Waals surface area contributed by atoms with Crippen LogP contribution < -0.4 is 16.6 Å². The van der Waals surface area contributed by atoms with Gasteiger partial charge in [-0.2, -0.15) is 9.50 Å². The molecule has 0 fully saturated rings. The van der Waals surface area contributed by atoms with Crippen molar-refractivity contribution < 1.29 is 9.53 Å². The van der Waals surface area contributed by atoms with Crippen LogP contribution in [0.4, 0.5) is 10.7 Å². The SMILES string of the molecule is CC(C)(C)OC(=O)NCCc1cc(=O)n2[nH]c(N)nc2n1. The van der Waals surface area contributed by atoms with Gasteiger partial charge in [0.1, 0.15) is 5.60 Å². The summed E-state index contributed by atoms with van der Waals surface area (Å²) in [5.74, 6) is 0.316. The molecule has 2 rings (SSSR count). The van der Waals surface area contributed by atoms with Gasteiger partial charge >= 0.3 is 6.09 Å². The van der Waals surface area contributed by atoms with E-state index < -0.39 is 11.7 Å². The van der Waals surface area contributed by atoms with Crippen molar-refractivity contribution in [3.05, 3.63) is 22.1 Å². The summed E-state index contributed by atoms with van der Waals surface area (Å²) in [5, 5.41) is 5.17. The number of carbonyl (C=O) groups excluding carboxylic acids is 1. The lowest BCUT2D eigenvalue weighted by Gasteiger charge is -2.19. The van der Waals surface area contributed by atoms with Crippen molar-refractivity contribution in [3.8, 4) is 0 Å². The molecule has 0 aromatic carbocycles. The smallest absolute Gasteiger partial charge is 0.407 e. The van der Waals surface area contributed by atoms with Crippen LogP contribution in [0.2, 0.25) is 0 Å². The first-order valence-electron chi connectivity index (χ1n) is 6.45. The Hall–Kier alpha value is -2.58. The molecule has 0 aliphatic heterocycles. The molecule has 0 aliphatic carbocycles. The van der Waals surface area contributed by atoms with Gasteiger partial charge in [-0.25, -0.2) is 9.78 Å². The quantitative estimate of drug-likeness (QED) is 0.735. The molecule has 0 saturated heterocycles. The fourth-order valence-corrected chi connectivity index (χ4v) is 1.68. The first-order chi connectivity index (χ1) is 9.74. The highest BCUT2D eigenvalue weighted by Gasteiger charge is 2.15. The molecule has 0 bridgehead atoms. The predicted octanol–water partition coefficient (Wildman–Crippen LogP) is 0.0670. The standard InChI is InChI=1S/C12H18N6O3/c1-12(2,3)21-11(20)14-5-4-7-6-8(19)18-10(15-7)16-9(13)17-18/h6H,4-5H2,1-3H3,(H,14,20)(H3,13,15,16,17). The summed E-state index contributed by atoms with van der Waals surface area (Å²) in [5.41, 5.74) is 5.13. The van der Waals surface area contributed by atoms with Gasteiger partial charge in [0.15, 0.2) is 0 Å². The van der Waals surface area contributed by atoms with E-state index in [-0.39, 0.29) is 17.3 Å². The van der Waals surface area contributed by atoms with Crippen molar-refractivity contribution in [1.29, 1.82) is 0 Å². The number of H-pyrrole nitrogens is 1. The van der Waals surface area contributed by atoms with Crippen LogP contribution in [0.5, 0.6) is 0 Å². The average Bonchev–Trinajstić information content (AvgIpc) is 2.68. The maximum atomic E-state index is 11.8. The molecule has 9 nitrogen and oxygen atoms in total. The molecule has 0 atom stereocenters. The van der Waals surface area contributed by atoms with E-state index in [0.717, 1.165) is 4.52 Å². The van der Waals surface area contributed by atoms with E-state index in [0.29, 0.717) is 18.7 Å². The molecule has 114 valence electrons. The highest BCUT2D eigenvalue weighted by atomic mass is 16.6. The van der Waals surface area contributed by atoms with Gasteiger partial charge in [0.2, 0.25) is 5.95 Å². The number of aromatic nitrogens is 4. The summed E-state index contributed by atoms with van der Waals surface area (Å²) in [4.78, 5) is 31.3. The summed E-state index contributed by atoms with van der Waals surface area (Å²) in [6.45, 7) is 5.65. The maximum Gasteiger partial charge on any atom is 0.407 e. The van der Waals surface area contributed by atoms with E-state index in [1.807, 2.05) is 0 Å². The van der Waals surface area contributed by atoms with Crippen molar-refractivity contribution >= 4 is 17.8 Å². The van der Waals surface area contributed by atoms with E-state index in [9.17, 15) is 9.59 Å². The van der Waals surface area contributed by atoms with Gasteiger partial charge in [0.25, 0.3) is 11.3 Å². The van der Waals surface area contributed by atoms with E-state index in [1.54, 1.807) is 20.8 Å². The Morgan fingerprint density at radius 3 is 2.86 bits per heavy atom. The Bertz CT molecular complexity index is 712. The van der Waals surface area contributed by atoms with Crippen LogP contribution >= 0.6 is 0 Å². The Kier molecular flexibility index (Phi) is 3.83. The van der Waals surface area contributed by atoms with Gasteiger partial charge in [-0.1, -0.05) is 0 Å². The molecule has 2 aromatic heterocycles. The van der Waals surface area contributed by atoms with Gasteiger partial charge in [-0.05, 0) is 20.8 Å². The molecule has 0 radical (unpaired) electrons. The Balaban J connectivity index is 1.98. The van der Waals surface area contributed by atoms with E-state index in [2.05, 4.69) is 20.4 Å². The number of nitrogen functional groups attached to an aromatic ring is 1. The molecule has 4 N–H and O–H groups in total. The monoisotopic (exact) mass is 294 g/mol. The zero-order valence-corrected chi connectivity index (χ0v) is 12.1. The molecule has 0 saturated carbocycles. The van der Waals surface area contributed by atoms with Crippen molar-refractivity contribution in [2.24, 2.45) is 0 Å². The summed E-state index contributed by atoms with van der Waals surface area (Å²) >= 11 is 0. The highest BCUT2D eigenvalue weighted by Crippen LogP contribution is 2.06. The van der Waals surface area contributed by atoms with E-state index in [1.165, 1.54) is 6.07 Å². The molecule has 2 aromatic rings.